The molecule has 0 aliphatic carbocycles. The first-order valence-corrected chi connectivity index (χ1v) is 7.53. The maximum Gasteiger partial charge on any atom is 0.278 e. The van der Waals surface area contributed by atoms with E-state index in [2.05, 4.69) is 10.1 Å². The van der Waals surface area contributed by atoms with E-state index >= 15 is 0 Å². The lowest BCUT2D eigenvalue weighted by molar-refractivity contribution is 0.0300. The predicted octanol–water partition coefficient (Wildman–Crippen LogP) is 0.202. The van der Waals surface area contributed by atoms with Gasteiger partial charge in [-0.25, -0.2) is 9.50 Å². The molecule has 8 heteroatoms. The van der Waals surface area contributed by atoms with Gasteiger partial charge in [-0.15, -0.1) is 0 Å². The zero-order chi connectivity index (χ0) is 16.6. The molecule has 2 aromatic rings. The summed E-state index contributed by atoms with van der Waals surface area (Å²) in [6, 6.07) is 1.54. The summed E-state index contributed by atoms with van der Waals surface area (Å²) in [6.07, 6.45) is 0.761. The molecule has 2 aromatic heterocycles. The molecule has 3 heterocycles. The Labute approximate surface area is 133 Å². The first-order chi connectivity index (χ1) is 11.1. The number of aryl methyl sites for hydroxylation is 1. The average molecular weight is 320 g/mol. The standard InChI is InChI=1S/C15H20N4O4/c1-4-9-5-12-16-13-11(14(20)19(12)17-9)6-18(15(13)21)10(7-22-2)8-23-3/h5,10,17H,4,6-8H2,1-3H3. The van der Waals surface area contributed by atoms with E-state index in [-0.39, 0.29) is 29.7 Å². The summed E-state index contributed by atoms with van der Waals surface area (Å²) in [7, 11) is 3.14. The van der Waals surface area contributed by atoms with Gasteiger partial charge in [0.15, 0.2) is 5.65 Å². The van der Waals surface area contributed by atoms with E-state index in [0.29, 0.717) is 24.4 Å². The van der Waals surface area contributed by atoms with Crippen molar-refractivity contribution in [3.8, 4) is 0 Å². The Balaban J connectivity index is 2.02. The summed E-state index contributed by atoms with van der Waals surface area (Å²) in [5.74, 6) is -0.252. The molecule has 124 valence electrons. The minimum absolute atomic E-state index is 0.223. The van der Waals surface area contributed by atoms with Gasteiger partial charge in [-0.05, 0) is 6.42 Å². The Morgan fingerprint density at radius 3 is 2.61 bits per heavy atom. The number of hydrogen-bond acceptors (Lipinski definition) is 5. The Morgan fingerprint density at radius 1 is 1.30 bits per heavy atom. The number of carbonyl (C=O) groups excluding carboxylic acids is 1. The fourth-order valence-electron chi connectivity index (χ4n) is 2.90. The van der Waals surface area contributed by atoms with E-state index in [1.54, 1.807) is 25.2 Å². The molecule has 23 heavy (non-hydrogen) atoms. The van der Waals surface area contributed by atoms with Gasteiger partial charge < -0.3 is 14.4 Å². The normalized spacial score (nSPS) is 14.3. The summed E-state index contributed by atoms with van der Waals surface area (Å²) < 4.78 is 11.7. The molecule has 1 aliphatic heterocycles. The number of hydrogen-bond donors (Lipinski definition) is 1. The van der Waals surface area contributed by atoms with E-state index in [4.69, 9.17) is 9.47 Å². The van der Waals surface area contributed by atoms with Gasteiger partial charge in [0, 0.05) is 26.0 Å². The van der Waals surface area contributed by atoms with Crippen molar-refractivity contribution in [2.45, 2.75) is 25.9 Å². The lowest BCUT2D eigenvalue weighted by Crippen LogP contribution is -2.42. The second-order valence-electron chi connectivity index (χ2n) is 5.57. The first-order valence-electron chi connectivity index (χ1n) is 7.53. The van der Waals surface area contributed by atoms with Gasteiger partial charge >= 0.3 is 0 Å². The summed E-state index contributed by atoms with van der Waals surface area (Å²) in [5, 5.41) is 3.01. The van der Waals surface area contributed by atoms with Crippen molar-refractivity contribution in [1.29, 1.82) is 0 Å². The van der Waals surface area contributed by atoms with Crippen LogP contribution in [0.3, 0.4) is 0 Å². The van der Waals surface area contributed by atoms with Gasteiger partial charge in [-0.3, -0.25) is 14.7 Å². The number of carbonyl (C=O) groups is 1. The summed E-state index contributed by atoms with van der Waals surface area (Å²) in [5.41, 5.74) is 1.78. The number of ether oxygens (including phenoxy) is 2. The van der Waals surface area contributed by atoms with Crippen molar-refractivity contribution < 1.29 is 14.3 Å². The van der Waals surface area contributed by atoms with Crippen LogP contribution in [-0.2, 0) is 22.4 Å². The van der Waals surface area contributed by atoms with E-state index in [9.17, 15) is 9.59 Å². The van der Waals surface area contributed by atoms with Crippen molar-refractivity contribution in [3.05, 3.63) is 33.4 Å². The predicted molar refractivity (Wildman–Crippen MR) is 82.6 cm³/mol. The molecule has 0 aromatic carbocycles. The van der Waals surface area contributed by atoms with Crippen LogP contribution < -0.4 is 5.56 Å². The van der Waals surface area contributed by atoms with Gasteiger partial charge in [0.25, 0.3) is 11.5 Å². The molecular weight excluding hydrogens is 300 g/mol. The van der Waals surface area contributed by atoms with Crippen molar-refractivity contribution in [2.75, 3.05) is 27.4 Å². The van der Waals surface area contributed by atoms with Crippen LogP contribution in [0.4, 0.5) is 0 Å². The molecule has 1 N–H and O–H groups in total. The van der Waals surface area contributed by atoms with Gasteiger partial charge in [0.1, 0.15) is 5.69 Å². The van der Waals surface area contributed by atoms with Crippen molar-refractivity contribution in [2.24, 2.45) is 0 Å². The number of aromatic nitrogens is 3. The zero-order valence-corrected chi connectivity index (χ0v) is 13.5. The summed E-state index contributed by atoms with van der Waals surface area (Å²) in [4.78, 5) is 31.3. The molecule has 0 atom stereocenters. The van der Waals surface area contributed by atoms with Crippen LogP contribution in [0, 0.1) is 0 Å². The van der Waals surface area contributed by atoms with Crippen LogP contribution >= 0.6 is 0 Å². The lowest BCUT2D eigenvalue weighted by atomic mass is 10.2. The van der Waals surface area contributed by atoms with E-state index in [1.165, 1.54) is 4.52 Å². The number of H-pyrrole nitrogens is 1. The number of nitrogens with one attached hydrogen (secondary N) is 1. The molecule has 3 rings (SSSR count). The molecule has 0 spiro atoms. The number of methoxy groups -OCH3 is 2. The van der Waals surface area contributed by atoms with Crippen molar-refractivity contribution >= 4 is 11.6 Å². The topological polar surface area (TPSA) is 88.9 Å². The van der Waals surface area contributed by atoms with Gasteiger partial charge in [0.05, 0.1) is 31.4 Å². The molecule has 0 unspecified atom stereocenters. The van der Waals surface area contributed by atoms with Crippen LogP contribution in [0.2, 0.25) is 0 Å². The number of amides is 1. The van der Waals surface area contributed by atoms with Crippen molar-refractivity contribution in [3.63, 3.8) is 0 Å². The Morgan fingerprint density at radius 2 is 2.00 bits per heavy atom. The zero-order valence-electron chi connectivity index (χ0n) is 13.5. The van der Waals surface area contributed by atoms with E-state index in [1.807, 2.05) is 6.92 Å². The van der Waals surface area contributed by atoms with Gasteiger partial charge in [-0.2, -0.15) is 0 Å². The molecule has 1 aliphatic rings. The van der Waals surface area contributed by atoms with Crippen LogP contribution in [-0.4, -0.2) is 58.9 Å². The molecular formula is C15H20N4O4. The smallest absolute Gasteiger partial charge is 0.278 e. The molecule has 8 nitrogen and oxygen atoms in total. The summed E-state index contributed by atoms with van der Waals surface area (Å²) >= 11 is 0. The second kappa shape index (κ2) is 6.13. The Hall–Kier alpha value is -2.19. The Kier molecular flexibility index (Phi) is 4.18. The molecule has 0 saturated heterocycles. The number of rotatable bonds is 6. The second-order valence-corrected chi connectivity index (χ2v) is 5.57. The maximum atomic E-state index is 12.7. The first kappa shape index (κ1) is 15.7. The van der Waals surface area contributed by atoms with E-state index < -0.39 is 0 Å². The van der Waals surface area contributed by atoms with Crippen LogP contribution in [0.5, 0.6) is 0 Å². The van der Waals surface area contributed by atoms with Crippen molar-refractivity contribution in [1.82, 2.24) is 19.5 Å². The highest BCUT2D eigenvalue weighted by Gasteiger charge is 2.36. The maximum absolute atomic E-state index is 12.7. The number of fused-ring (bicyclic) bond motifs is 2. The van der Waals surface area contributed by atoms with E-state index in [0.717, 1.165) is 12.1 Å². The monoisotopic (exact) mass is 320 g/mol. The lowest BCUT2D eigenvalue weighted by Gasteiger charge is -2.26. The highest BCUT2D eigenvalue weighted by atomic mass is 16.5. The minimum Gasteiger partial charge on any atom is -0.382 e. The highest BCUT2D eigenvalue weighted by Crippen LogP contribution is 2.22. The third kappa shape index (κ3) is 2.53. The van der Waals surface area contributed by atoms with Crippen LogP contribution in [0.25, 0.3) is 5.65 Å². The SMILES string of the molecule is CCc1cc2nc3c(c(=O)n2[nH]1)CN(C(COC)COC)C3=O. The van der Waals surface area contributed by atoms with Gasteiger partial charge in [0.2, 0.25) is 0 Å². The molecule has 0 bridgehead atoms. The minimum atomic E-state index is -0.252. The largest absolute Gasteiger partial charge is 0.382 e. The third-order valence-corrected chi connectivity index (χ3v) is 4.09. The fourth-order valence-corrected chi connectivity index (χ4v) is 2.90. The van der Waals surface area contributed by atoms with Crippen LogP contribution in [0.1, 0.15) is 28.7 Å². The molecule has 0 radical (unpaired) electrons. The fraction of sp³-hybridized carbons (Fsp3) is 0.533. The van der Waals surface area contributed by atoms with Gasteiger partial charge in [-0.1, -0.05) is 6.92 Å². The average Bonchev–Trinajstić information content (AvgIpc) is 3.10. The molecule has 1 amide bonds. The summed E-state index contributed by atoms with van der Waals surface area (Å²) in [6.45, 7) is 2.89. The third-order valence-electron chi connectivity index (χ3n) is 4.09. The number of aromatic amines is 1. The quantitative estimate of drug-likeness (QED) is 0.821. The highest BCUT2D eigenvalue weighted by molar-refractivity contribution is 5.97. The van der Waals surface area contributed by atoms with Crippen LogP contribution in [0.15, 0.2) is 10.9 Å². The Bertz CT molecular complexity index is 789. The number of nitrogens with zero attached hydrogens (tertiary/aromatic N) is 3. The molecule has 0 saturated carbocycles. The molecule has 0 fully saturated rings.